The lowest BCUT2D eigenvalue weighted by Crippen LogP contribution is -3.27. The molecule has 1 saturated heterocycles. The third-order valence-electron chi connectivity index (χ3n) is 5.70. The molecule has 146 valence electrons. The number of nitrogens with one attached hydrogen (secondary N) is 2. The molecule has 0 radical (unpaired) electrons. The third kappa shape index (κ3) is 3.94. The van der Waals surface area contributed by atoms with Gasteiger partial charge in [-0.3, -0.25) is 0 Å². The second-order valence-electron chi connectivity index (χ2n) is 7.50. The number of pyridine rings is 1. The van der Waals surface area contributed by atoms with E-state index in [0.29, 0.717) is 5.56 Å². The van der Waals surface area contributed by atoms with Crippen molar-refractivity contribution in [1.82, 2.24) is 4.98 Å². The van der Waals surface area contributed by atoms with E-state index in [4.69, 9.17) is 9.72 Å². The second-order valence-corrected chi connectivity index (χ2v) is 8.53. The van der Waals surface area contributed by atoms with E-state index >= 15 is 0 Å². The molecule has 0 unspecified atom stereocenters. The summed E-state index contributed by atoms with van der Waals surface area (Å²) in [4.78, 5) is 21.9. The molecule has 1 fully saturated rings. The van der Waals surface area contributed by atoms with Gasteiger partial charge in [-0.25, -0.2) is 9.78 Å². The number of ether oxygens (including phenoxy) is 1. The number of fused-ring (bicyclic) bond motifs is 1. The summed E-state index contributed by atoms with van der Waals surface area (Å²) >= 11 is 1.84. The number of rotatable bonds is 5. The average Bonchev–Trinajstić information content (AvgIpc) is 3.22. The monoisotopic (exact) mass is 397 g/mol. The molecule has 2 N–H and O–H groups in total. The number of benzene rings is 1. The van der Waals surface area contributed by atoms with Crippen LogP contribution in [-0.2, 0) is 17.8 Å². The van der Waals surface area contributed by atoms with E-state index in [-0.39, 0.29) is 5.97 Å². The van der Waals surface area contributed by atoms with Gasteiger partial charge in [-0.15, -0.1) is 11.3 Å². The van der Waals surface area contributed by atoms with Gasteiger partial charge >= 0.3 is 5.97 Å². The van der Waals surface area contributed by atoms with Crippen LogP contribution < -0.4 is 9.80 Å². The Labute approximate surface area is 169 Å². The van der Waals surface area contributed by atoms with Crippen LogP contribution in [0.3, 0.4) is 0 Å². The minimum atomic E-state index is -0.285. The number of aryl methyl sites for hydroxylation is 1. The molecule has 2 aromatic heterocycles. The van der Waals surface area contributed by atoms with Crippen molar-refractivity contribution in [1.29, 1.82) is 0 Å². The largest absolute Gasteiger partial charge is 0.465 e. The van der Waals surface area contributed by atoms with Crippen molar-refractivity contribution in [2.24, 2.45) is 0 Å². The normalized spacial score (nSPS) is 19.6. The molecule has 0 atom stereocenters. The highest BCUT2D eigenvalue weighted by Gasteiger charge is 2.27. The molecule has 0 spiro atoms. The lowest BCUT2D eigenvalue weighted by atomic mass is 10.0. The van der Waals surface area contributed by atoms with E-state index < -0.39 is 0 Å². The Hall–Kier alpha value is -2.28. The molecule has 6 heteroatoms. The molecule has 3 heterocycles. The summed E-state index contributed by atoms with van der Waals surface area (Å²) < 4.78 is 5.08. The fourth-order valence-electron chi connectivity index (χ4n) is 4.15. The number of methoxy groups -OCH3 is 1. The molecule has 1 aliphatic heterocycles. The predicted octanol–water partition coefficient (Wildman–Crippen LogP) is 0.875. The summed E-state index contributed by atoms with van der Waals surface area (Å²) in [7, 11) is 1.44. The SMILES string of the molecule is COC(=O)c1c(C[NH+]2CC[NH+](Cc3cccs3)CC2)nc2ccccc2c1C. The molecule has 0 saturated carbocycles. The van der Waals surface area contributed by atoms with Gasteiger partial charge in [-0.1, -0.05) is 24.3 Å². The summed E-state index contributed by atoms with van der Waals surface area (Å²) in [6.07, 6.45) is 0. The van der Waals surface area contributed by atoms with Crippen LogP contribution in [0.15, 0.2) is 41.8 Å². The third-order valence-corrected chi connectivity index (χ3v) is 6.58. The van der Waals surface area contributed by atoms with Crippen LogP contribution in [0.5, 0.6) is 0 Å². The van der Waals surface area contributed by atoms with Crippen LogP contribution in [-0.4, -0.2) is 44.2 Å². The maximum Gasteiger partial charge on any atom is 0.340 e. The molecular weight excluding hydrogens is 370 g/mol. The number of hydrogen-bond donors (Lipinski definition) is 2. The Morgan fingerprint density at radius 3 is 2.46 bits per heavy atom. The number of quaternary nitrogens is 2. The topological polar surface area (TPSA) is 48.1 Å². The van der Waals surface area contributed by atoms with Gasteiger partial charge in [0.15, 0.2) is 0 Å². The molecule has 0 amide bonds. The fourth-order valence-corrected chi connectivity index (χ4v) is 4.93. The summed E-state index contributed by atoms with van der Waals surface area (Å²) in [5, 5.41) is 3.17. The van der Waals surface area contributed by atoms with Crippen LogP contribution >= 0.6 is 11.3 Å². The smallest absolute Gasteiger partial charge is 0.340 e. The minimum absolute atomic E-state index is 0.285. The van der Waals surface area contributed by atoms with E-state index in [0.717, 1.165) is 61.4 Å². The Bertz CT molecular complexity index is 963. The van der Waals surface area contributed by atoms with E-state index in [2.05, 4.69) is 17.5 Å². The van der Waals surface area contributed by atoms with Gasteiger partial charge < -0.3 is 14.5 Å². The number of carbonyl (C=O) groups excluding carboxylic acids is 1. The van der Waals surface area contributed by atoms with Gasteiger partial charge in [-0.05, 0) is 30.0 Å². The quantitative estimate of drug-likeness (QED) is 0.629. The first-order valence-electron chi connectivity index (χ1n) is 9.81. The maximum absolute atomic E-state index is 12.5. The van der Waals surface area contributed by atoms with Crippen molar-refractivity contribution in [3.05, 3.63) is 63.5 Å². The van der Waals surface area contributed by atoms with E-state index in [9.17, 15) is 4.79 Å². The Balaban J connectivity index is 1.52. The lowest BCUT2D eigenvalue weighted by molar-refractivity contribution is -1.02. The average molecular weight is 398 g/mol. The number of piperazine rings is 1. The zero-order chi connectivity index (χ0) is 19.5. The molecule has 0 bridgehead atoms. The van der Waals surface area contributed by atoms with Crippen molar-refractivity contribution in [3.63, 3.8) is 0 Å². The second kappa shape index (κ2) is 8.39. The number of nitrogens with zero attached hydrogens (tertiary/aromatic N) is 1. The van der Waals surface area contributed by atoms with Gasteiger partial charge in [0.2, 0.25) is 0 Å². The van der Waals surface area contributed by atoms with E-state index in [1.165, 1.54) is 16.9 Å². The summed E-state index contributed by atoms with van der Waals surface area (Å²) in [5.41, 5.74) is 3.42. The van der Waals surface area contributed by atoms with Crippen molar-refractivity contribution in [2.75, 3.05) is 33.3 Å². The molecular formula is C22H27N3O2S+2. The first kappa shape index (κ1) is 19.1. The van der Waals surface area contributed by atoms with Crippen molar-refractivity contribution >= 4 is 28.2 Å². The van der Waals surface area contributed by atoms with Crippen LogP contribution in [0, 0.1) is 6.92 Å². The van der Waals surface area contributed by atoms with Gasteiger partial charge in [0.25, 0.3) is 0 Å². The van der Waals surface area contributed by atoms with Gasteiger partial charge in [0, 0.05) is 5.39 Å². The maximum atomic E-state index is 12.5. The first-order chi connectivity index (χ1) is 13.7. The summed E-state index contributed by atoms with van der Waals surface area (Å²) in [5.74, 6) is -0.285. The standard InChI is InChI=1S/C22H25N3O2S/c1-16-18-7-3-4-8-19(18)23-20(21(16)22(26)27-2)15-25-11-9-24(10-12-25)14-17-6-5-13-28-17/h3-8,13H,9-12,14-15H2,1-2H3/p+2. The molecule has 4 rings (SSSR count). The van der Waals surface area contributed by atoms with E-state index in [1.54, 1.807) is 4.90 Å². The molecule has 1 aliphatic rings. The van der Waals surface area contributed by atoms with E-state index in [1.807, 2.05) is 42.5 Å². The Morgan fingerprint density at radius 2 is 1.79 bits per heavy atom. The molecule has 1 aromatic carbocycles. The van der Waals surface area contributed by atoms with Crippen LogP contribution in [0.4, 0.5) is 0 Å². The minimum Gasteiger partial charge on any atom is -0.465 e. The van der Waals surface area contributed by atoms with Crippen molar-refractivity contribution < 1.29 is 19.3 Å². The number of esters is 1. The predicted molar refractivity (Wildman–Crippen MR) is 111 cm³/mol. The number of thiophene rings is 1. The highest BCUT2D eigenvalue weighted by molar-refractivity contribution is 7.09. The number of carbonyl (C=O) groups is 1. The van der Waals surface area contributed by atoms with Crippen molar-refractivity contribution in [3.8, 4) is 0 Å². The summed E-state index contributed by atoms with van der Waals surface area (Å²) in [6.45, 7) is 8.36. The van der Waals surface area contributed by atoms with Crippen LogP contribution in [0.2, 0.25) is 0 Å². The first-order valence-corrected chi connectivity index (χ1v) is 10.7. The van der Waals surface area contributed by atoms with Crippen LogP contribution in [0.1, 0.15) is 26.5 Å². The van der Waals surface area contributed by atoms with Gasteiger partial charge in [-0.2, -0.15) is 0 Å². The molecule has 3 aromatic rings. The molecule has 5 nitrogen and oxygen atoms in total. The van der Waals surface area contributed by atoms with Gasteiger partial charge in [0.1, 0.15) is 45.0 Å². The Morgan fingerprint density at radius 1 is 1.07 bits per heavy atom. The van der Waals surface area contributed by atoms with Crippen LogP contribution in [0.25, 0.3) is 10.9 Å². The number of hydrogen-bond acceptors (Lipinski definition) is 4. The number of para-hydroxylation sites is 1. The number of aromatic nitrogens is 1. The van der Waals surface area contributed by atoms with Crippen molar-refractivity contribution in [2.45, 2.75) is 20.0 Å². The molecule has 28 heavy (non-hydrogen) atoms. The highest BCUT2D eigenvalue weighted by atomic mass is 32.1. The zero-order valence-corrected chi connectivity index (χ0v) is 17.3. The zero-order valence-electron chi connectivity index (χ0n) is 16.5. The lowest BCUT2D eigenvalue weighted by Gasteiger charge is -2.29. The Kier molecular flexibility index (Phi) is 5.71. The van der Waals surface area contributed by atoms with Gasteiger partial charge in [0.05, 0.1) is 23.1 Å². The summed E-state index contributed by atoms with van der Waals surface area (Å²) in [6, 6.07) is 12.4. The fraction of sp³-hybridized carbons (Fsp3) is 0.364. The highest BCUT2D eigenvalue weighted by Crippen LogP contribution is 2.23. The molecule has 0 aliphatic carbocycles.